The highest BCUT2D eigenvalue weighted by molar-refractivity contribution is 7.18. The van der Waals surface area contributed by atoms with E-state index in [1.807, 2.05) is 0 Å². The summed E-state index contributed by atoms with van der Waals surface area (Å²) in [5.74, 6) is 1.36. The first-order chi connectivity index (χ1) is 13.5. The van der Waals surface area contributed by atoms with Gasteiger partial charge in [-0.15, -0.1) is 11.3 Å². The summed E-state index contributed by atoms with van der Waals surface area (Å²) in [5.41, 5.74) is 1.20. The maximum absolute atomic E-state index is 12.8. The van der Waals surface area contributed by atoms with Crippen molar-refractivity contribution in [2.24, 2.45) is 5.92 Å². The lowest BCUT2D eigenvalue weighted by molar-refractivity contribution is 0.0917. The number of nitrogens with one attached hydrogen (secondary N) is 1. The molecule has 0 bridgehead atoms. The molecule has 0 spiro atoms. The summed E-state index contributed by atoms with van der Waals surface area (Å²) < 4.78 is 5.17. The highest BCUT2D eigenvalue weighted by Gasteiger charge is 2.23. The van der Waals surface area contributed by atoms with Gasteiger partial charge in [0, 0.05) is 31.7 Å². The molecule has 2 atom stereocenters. The second-order valence-electron chi connectivity index (χ2n) is 8.07. The number of aromatic nitrogens is 2. The number of aromatic amines is 1. The molecule has 2 heterocycles. The Labute approximate surface area is 170 Å². The van der Waals surface area contributed by atoms with Crippen molar-refractivity contribution in [1.29, 1.82) is 0 Å². The molecule has 2 aromatic rings. The second kappa shape index (κ2) is 9.96. The minimum Gasteiger partial charge on any atom is -0.392 e. The van der Waals surface area contributed by atoms with Crippen molar-refractivity contribution in [3.8, 4) is 0 Å². The van der Waals surface area contributed by atoms with Crippen LogP contribution in [0.2, 0.25) is 0 Å². The summed E-state index contributed by atoms with van der Waals surface area (Å²) in [5, 5.41) is 11.1. The monoisotopic (exact) mass is 407 g/mol. The molecule has 0 amide bonds. The zero-order valence-electron chi connectivity index (χ0n) is 17.3. The Kier molecular flexibility index (Phi) is 7.62. The molecular weight excluding hydrogens is 374 g/mol. The molecule has 0 unspecified atom stereocenters. The van der Waals surface area contributed by atoms with Crippen LogP contribution < -0.4 is 5.56 Å². The van der Waals surface area contributed by atoms with Gasteiger partial charge in [-0.2, -0.15) is 0 Å². The van der Waals surface area contributed by atoms with Crippen LogP contribution in [-0.4, -0.2) is 52.9 Å². The Morgan fingerprint density at radius 3 is 3.04 bits per heavy atom. The fraction of sp³-hybridized carbons (Fsp3) is 0.714. The van der Waals surface area contributed by atoms with E-state index in [0.29, 0.717) is 31.4 Å². The molecule has 0 saturated heterocycles. The van der Waals surface area contributed by atoms with Gasteiger partial charge in [0.2, 0.25) is 0 Å². The van der Waals surface area contributed by atoms with Gasteiger partial charge in [-0.1, -0.05) is 20.3 Å². The van der Waals surface area contributed by atoms with Crippen LogP contribution in [0.4, 0.5) is 0 Å². The molecule has 0 saturated carbocycles. The van der Waals surface area contributed by atoms with Crippen molar-refractivity contribution in [1.82, 2.24) is 14.9 Å². The smallest absolute Gasteiger partial charge is 0.259 e. The van der Waals surface area contributed by atoms with Gasteiger partial charge in [0.25, 0.3) is 5.56 Å². The Morgan fingerprint density at radius 2 is 2.29 bits per heavy atom. The fourth-order valence-electron chi connectivity index (χ4n) is 4.07. The fourth-order valence-corrected chi connectivity index (χ4v) is 5.47. The van der Waals surface area contributed by atoms with E-state index >= 15 is 0 Å². The van der Waals surface area contributed by atoms with Crippen molar-refractivity contribution >= 4 is 21.6 Å². The first-order valence-corrected chi connectivity index (χ1v) is 11.3. The summed E-state index contributed by atoms with van der Waals surface area (Å²) in [4.78, 5) is 25.0. The molecule has 0 aliphatic heterocycles. The van der Waals surface area contributed by atoms with Gasteiger partial charge in [-0.3, -0.25) is 9.69 Å². The van der Waals surface area contributed by atoms with Crippen molar-refractivity contribution in [2.75, 3.05) is 26.8 Å². The van der Waals surface area contributed by atoms with Gasteiger partial charge < -0.3 is 14.8 Å². The maximum Gasteiger partial charge on any atom is 0.259 e. The summed E-state index contributed by atoms with van der Waals surface area (Å²) in [6.45, 7) is 6.95. The Balaban J connectivity index is 1.81. The molecule has 3 rings (SSSR count). The highest BCUT2D eigenvalue weighted by atomic mass is 32.1. The third-order valence-corrected chi connectivity index (χ3v) is 6.65. The number of methoxy groups -OCH3 is 1. The number of aliphatic hydroxyl groups excluding tert-OH is 1. The third kappa shape index (κ3) is 5.20. The van der Waals surface area contributed by atoms with Crippen LogP contribution in [0.15, 0.2) is 4.79 Å². The van der Waals surface area contributed by atoms with Crippen LogP contribution >= 0.6 is 11.3 Å². The highest BCUT2D eigenvalue weighted by Crippen LogP contribution is 2.35. The predicted molar refractivity (Wildman–Crippen MR) is 114 cm³/mol. The number of hydrogen-bond acceptors (Lipinski definition) is 6. The molecule has 7 heteroatoms. The van der Waals surface area contributed by atoms with E-state index in [9.17, 15) is 9.90 Å². The van der Waals surface area contributed by atoms with E-state index in [1.54, 1.807) is 18.4 Å². The van der Waals surface area contributed by atoms with Crippen LogP contribution in [0.3, 0.4) is 0 Å². The van der Waals surface area contributed by atoms with Crippen LogP contribution in [0, 0.1) is 5.92 Å². The van der Waals surface area contributed by atoms with Crippen LogP contribution in [0.1, 0.15) is 55.8 Å². The van der Waals surface area contributed by atoms with E-state index in [-0.39, 0.29) is 11.7 Å². The largest absolute Gasteiger partial charge is 0.392 e. The van der Waals surface area contributed by atoms with E-state index in [4.69, 9.17) is 9.72 Å². The van der Waals surface area contributed by atoms with E-state index < -0.39 is 0 Å². The van der Waals surface area contributed by atoms with Crippen molar-refractivity contribution in [3.63, 3.8) is 0 Å². The summed E-state index contributed by atoms with van der Waals surface area (Å²) in [6.07, 6.45) is 5.42. The third-order valence-electron chi connectivity index (χ3n) is 5.50. The number of aliphatic hydroxyl groups is 1. The number of nitrogens with zero attached hydrogens (tertiary/aromatic N) is 2. The molecule has 0 radical (unpaired) electrons. The van der Waals surface area contributed by atoms with Gasteiger partial charge in [-0.05, 0) is 43.6 Å². The lowest BCUT2D eigenvalue weighted by Gasteiger charge is -2.24. The molecule has 0 aromatic carbocycles. The Morgan fingerprint density at radius 1 is 1.46 bits per heavy atom. The molecule has 156 valence electrons. The average molecular weight is 408 g/mol. The molecular formula is C21H33N3O3S. The topological polar surface area (TPSA) is 78.5 Å². The quantitative estimate of drug-likeness (QED) is 0.592. The number of ether oxygens (including phenoxy) is 1. The molecule has 28 heavy (non-hydrogen) atoms. The molecule has 2 aromatic heterocycles. The van der Waals surface area contributed by atoms with Crippen LogP contribution in [-0.2, 0) is 24.1 Å². The van der Waals surface area contributed by atoms with Gasteiger partial charge in [0.15, 0.2) is 0 Å². The van der Waals surface area contributed by atoms with E-state index in [1.165, 1.54) is 10.4 Å². The molecule has 2 N–H and O–H groups in total. The number of hydrogen-bond donors (Lipinski definition) is 2. The first kappa shape index (κ1) is 21.4. The zero-order valence-corrected chi connectivity index (χ0v) is 18.1. The Hall–Kier alpha value is -1.28. The van der Waals surface area contributed by atoms with Crippen molar-refractivity contribution in [2.45, 2.75) is 65.0 Å². The number of aryl methyl sites for hydroxylation is 1. The first-order valence-electron chi connectivity index (χ1n) is 10.4. The average Bonchev–Trinajstić information content (AvgIpc) is 2.99. The molecule has 0 fully saturated rings. The standard InChI is InChI=1S/C21H33N3O3S/c1-4-6-15(25)12-24(9-5-10-27-3)13-18-22-20(26)19-16-8-7-14(2)11-17(16)28-21(19)23-18/h14-15,25H,4-13H2,1-3H3,(H,22,23,26)/t14-,15+/m1/s1. The molecule has 1 aliphatic rings. The lowest BCUT2D eigenvalue weighted by Crippen LogP contribution is -2.34. The maximum atomic E-state index is 12.8. The molecule has 6 nitrogen and oxygen atoms in total. The normalized spacial score (nSPS) is 18.0. The summed E-state index contributed by atoms with van der Waals surface area (Å²) >= 11 is 1.68. The van der Waals surface area contributed by atoms with Gasteiger partial charge >= 0.3 is 0 Å². The number of H-pyrrole nitrogens is 1. The zero-order chi connectivity index (χ0) is 20.1. The SMILES string of the molecule is CCC[C@H](O)CN(CCCOC)Cc1nc2sc3c(c2c(=O)[nH]1)CC[C@@H](C)C3. The molecule has 1 aliphatic carbocycles. The van der Waals surface area contributed by atoms with Gasteiger partial charge in [-0.25, -0.2) is 4.98 Å². The number of thiophene rings is 1. The van der Waals surface area contributed by atoms with Crippen LogP contribution in [0.25, 0.3) is 10.2 Å². The summed E-state index contributed by atoms with van der Waals surface area (Å²) in [6, 6.07) is 0. The van der Waals surface area contributed by atoms with Crippen molar-refractivity contribution in [3.05, 3.63) is 26.6 Å². The van der Waals surface area contributed by atoms with Crippen LogP contribution in [0.5, 0.6) is 0 Å². The Bertz CT molecular complexity index is 832. The van der Waals surface area contributed by atoms with E-state index in [0.717, 1.165) is 55.3 Å². The van der Waals surface area contributed by atoms with E-state index in [2.05, 4.69) is 23.7 Å². The van der Waals surface area contributed by atoms with Crippen molar-refractivity contribution < 1.29 is 9.84 Å². The predicted octanol–water partition coefficient (Wildman–Crippen LogP) is 3.11. The minimum atomic E-state index is -0.362. The number of rotatable bonds is 10. The van der Waals surface area contributed by atoms with Gasteiger partial charge in [0.05, 0.1) is 18.0 Å². The van der Waals surface area contributed by atoms with Gasteiger partial charge in [0.1, 0.15) is 10.7 Å². The summed E-state index contributed by atoms with van der Waals surface area (Å²) in [7, 11) is 1.70. The minimum absolute atomic E-state index is 0.0157. The number of fused-ring (bicyclic) bond motifs is 3. The lowest BCUT2D eigenvalue weighted by atomic mass is 9.89. The second-order valence-corrected chi connectivity index (χ2v) is 9.15.